The van der Waals surface area contributed by atoms with Crippen molar-refractivity contribution in [2.75, 3.05) is 13.2 Å². The maximum atomic E-state index is 13.4. The maximum absolute atomic E-state index is 13.4. The van der Waals surface area contributed by atoms with Crippen molar-refractivity contribution in [3.05, 3.63) is 35.9 Å². The highest BCUT2D eigenvalue weighted by atomic mass is 127. The molecule has 1 fully saturated rings. The van der Waals surface area contributed by atoms with Crippen LogP contribution in [0.2, 0.25) is 0 Å². The molecule has 0 amide bonds. The van der Waals surface area contributed by atoms with Crippen LogP contribution in [0.5, 0.6) is 0 Å². The van der Waals surface area contributed by atoms with Crippen LogP contribution in [0, 0.1) is 0 Å². The summed E-state index contributed by atoms with van der Waals surface area (Å²) in [6.07, 6.45) is 2.24. The Labute approximate surface area is 150 Å². The number of rotatable bonds is 11. The lowest BCUT2D eigenvalue weighted by atomic mass is 9.92. The van der Waals surface area contributed by atoms with Crippen LogP contribution in [-0.4, -0.2) is 31.3 Å². The summed E-state index contributed by atoms with van der Waals surface area (Å²) in [5.41, 5.74) is 1.16. The topological polar surface area (TPSA) is 27.7 Å². The van der Waals surface area contributed by atoms with E-state index in [0.29, 0.717) is 19.6 Å². The first-order chi connectivity index (χ1) is 11.1. The zero-order valence-corrected chi connectivity index (χ0v) is 16.0. The third-order valence-corrected chi connectivity index (χ3v) is 4.95. The second-order valence-electron chi connectivity index (χ2n) is 5.71. The minimum atomic E-state index is -2.75. The Hall–Kier alpha value is 0.120. The quantitative estimate of drug-likeness (QED) is 0.262. The minimum Gasteiger partial charge on any atom is -0.378 e. The first-order valence-corrected chi connectivity index (χ1v) is 11.7. The summed E-state index contributed by atoms with van der Waals surface area (Å²) >= 11 is 1.94. The van der Waals surface area contributed by atoms with Crippen LogP contribution in [0.4, 0.5) is 8.78 Å². The van der Waals surface area contributed by atoms with E-state index in [9.17, 15) is 8.78 Å². The first kappa shape index (κ1) is 19.4. The van der Waals surface area contributed by atoms with Crippen LogP contribution in [0.3, 0.4) is 0 Å². The fourth-order valence-corrected chi connectivity index (χ4v) is 3.10. The Bertz CT molecular complexity index is 444. The fraction of sp³-hybridized carbons (Fsp3) is 0.625. The van der Waals surface area contributed by atoms with Gasteiger partial charge in [0.1, 0.15) is 6.61 Å². The molecule has 1 aromatic rings. The van der Waals surface area contributed by atoms with E-state index in [4.69, 9.17) is 14.0 Å². The molecule has 1 atom stereocenters. The molecule has 7 heteroatoms. The maximum Gasteiger partial charge on any atom is 0.271 e. The van der Waals surface area contributed by atoms with Crippen LogP contribution in [0.1, 0.15) is 31.2 Å². The van der Waals surface area contributed by atoms with Gasteiger partial charge in [-0.2, -0.15) is 0 Å². The van der Waals surface area contributed by atoms with Gasteiger partial charge in [0.15, 0.2) is 0 Å². The third kappa shape index (κ3) is 7.69. The Kier molecular flexibility index (Phi) is 8.61. The molecule has 130 valence electrons. The van der Waals surface area contributed by atoms with Crippen molar-refractivity contribution in [2.45, 2.75) is 50.4 Å². The van der Waals surface area contributed by atoms with Crippen LogP contribution >= 0.6 is 28.5 Å². The zero-order valence-electron chi connectivity index (χ0n) is 12.8. The zero-order chi connectivity index (χ0) is 16.5. The van der Waals surface area contributed by atoms with E-state index in [1.54, 1.807) is 0 Å². The smallest absolute Gasteiger partial charge is 0.271 e. The minimum absolute atomic E-state index is 0.0729. The van der Waals surface area contributed by atoms with Crippen LogP contribution < -0.4 is 0 Å². The Morgan fingerprint density at radius 1 is 1.13 bits per heavy atom. The molecule has 0 N–H and O–H groups in total. The Morgan fingerprint density at radius 2 is 1.83 bits per heavy atom. The lowest BCUT2D eigenvalue weighted by Gasteiger charge is -2.35. The summed E-state index contributed by atoms with van der Waals surface area (Å²) < 4.78 is 42.9. The largest absolute Gasteiger partial charge is 0.378 e. The van der Waals surface area contributed by atoms with E-state index in [1.807, 2.05) is 52.4 Å². The van der Waals surface area contributed by atoms with E-state index in [2.05, 4.69) is 0 Å². The molecule has 0 radical (unpaired) electrons. The van der Waals surface area contributed by atoms with Crippen molar-refractivity contribution in [1.82, 2.24) is 0 Å². The second-order valence-corrected chi connectivity index (χ2v) is 7.47. The van der Waals surface area contributed by atoms with Gasteiger partial charge in [-0.15, -0.1) is 0 Å². The van der Waals surface area contributed by atoms with E-state index in [1.165, 1.54) is 0 Å². The predicted molar refractivity (Wildman–Crippen MR) is 96.5 cm³/mol. The van der Waals surface area contributed by atoms with E-state index in [0.717, 1.165) is 18.4 Å². The normalized spacial score (nSPS) is 21.7. The van der Waals surface area contributed by atoms with Gasteiger partial charge in [-0.05, 0) is 46.9 Å². The Balaban J connectivity index is 1.48. The molecular formula is C16H22F2IO3P. The van der Waals surface area contributed by atoms with Crippen molar-refractivity contribution < 1.29 is 22.8 Å². The highest BCUT2D eigenvalue weighted by molar-refractivity contribution is 14.2. The molecule has 23 heavy (non-hydrogen) atoms. The lowest BCUT2D eigenvalue weighted by Crippen LogP contribution is -2.37. The molecular weight excluding hydrogens is 436 g/mol. The third-order valence-electron chi connectivity index (χ3n) is 3.76. The average Bonchev–Trinajstić information content (AvgIpc) is 2.51. The van der Waals surface area contributed by atoms with Gasteiger partial charge in [-0.25, -0.2) is 8.78 Å². The molecule has 0 aliphatic heterocycles. The van der Waals surface area contributed by atoms with Gasteiger partial charge >= 0.3 is 0 Å². The number of halogens is 3. The van der Waals surface area contributed by atoms with Gasteiger partial charge in [0.25, 0.3) is 5.92 Å². The number of ether oxygens (including phenoxy) is 2. The predicted octanol–water partition coefficient (Wildman–Crippen LogP) is 5.13. The molecule has 1 aliphatic carbocycles. The Morgan fingerprint density at radius 3 is 2.52 bits per heavy atom. The summed E-state index contributed by atoms with van der Waals surface area (Å²) in [5.74, 6) is -2.75. The number of alkyl halides is 2. The molecule has 1 aliphatic rings. The van der Waals surface area contributed by atoms with E-state index >= 15 is 0 Å². The highest BCUT2D eigenvalue weighted by Crippen LogP contribution is 2.30. The molecule has 0 spiro atoms. The van der Waals surface area contributed by atoms with Crippen LogP contribution in [0.25, 0.3) is 0 Å². The van der Waals surface area contributed by atoms with Crippen molar-refractivity contribution in [1.29, 1.82) is 0 Å². The molecule has 1 saturated carbocycles. The summed E-state index contributed by atoms with van der Waals surface area (Å²) in [5, 5.41) is 0. The SMILES string of the molecule is FC(F)(CCCOC1CC(OCc2ccccc2)C1)COPI. The summed E-state index contributed by atoms with van der Waals surface area (Å²) in [4.78, 5) is 0. The average molecular weight is 458 g/mol. The summed E-state index contributed by atoms with van der Waals surface area (Å²) in [7, 11) is 0. The van der Waals surface area contributed by atoms with Gasteiger partial charge in [0, 0.05) is 13.0 Å². The van der Waals surface area contributed by atoms with Crippen LogP contribution in [0.15, 0.2) is 30.3 Å². The monoisotopic (exact) mass is 458 g/mol. The summed E-state index contributed by atoms with van der Waals surface area (Å²) in [6.45, 7) is 0.566. The molecule has 2 rings (SSSR count). The van der Waals surface area contributed by atoms with Gasteiger partial charge in [0.05, 0.1) is 25.3 Å². The highest BCUT2D eigenvalue weighted by Gasteiger charge is 2.32. The van der Waals surface area contributed by atoms with Crippen molar-refractivity contribution in [3.8, 4) is 0 Å². The molecule has 1 unspecified atom stereocenters. The molecule has 0 bridgehead atoms. The van der Waals surface area contributed by atoms with E-state index < -0.39 is 12.5 Å². The second kappa shape index (κ2) is 10.2. The van der Waals surface area contributed by atoms with Gasteiger partial charge in [-0.1, -0.05) is 30.3 Å². The molecule has 0 heterocycles. The van der Waals surface area contributed by atoms with Crippen molar-refractivity contribution >= 4 is 28.5 Å². The van der Waals surface area contributed by atoms with Gasteiger partial charge < -0.3 is 14.0 Å². The number of hydrogen-bond acceptors (Lipinski definition) is 3. The van der Waals surface area contributed by atoms with E-state index in [-0.39, 0.29) is 25.1 Å². The van der Waals surface area contributed by atoms with Crippen molar-refractivity contribution in [3.63, 3.8) is 0 Å². The standard InChI is InChI=1S/C16H22F2IO3P/c17-16(18,12-22-23-19)7-4-8-20-14-9-15(10-14)21-11-13-5-2-1-3-6-13/h1-3,5-6,14-15,23H,4,7-12H2. The number of hydrogen-bond donors (Lipinski definition) is 0. The summed E-state index contributed by atoms with van der Waals surface area (Å²) in [6, 6.07) is 10.0. The molecule has 0 saturated heterocycles. The van der Waals surface area contributed by atoms with Gasteiger partial charge in [0.2, 0.25) is 0 Å². The molecule has 0 aromatic heterocycles. The first-order valence-electron chi connectivity index (χ1n) is 7.71. The molecule has 1 aromatic carbocycles. The van der Waals surface area contributed by atoms with Gasteiger partial charge in [-0.3, -0.25) is 0 Å². The lowest BCUT2D eigenvalue weighted by molar-refractivity contribution is -0.111. The molecule has 3 nitrogen and oxygen atoms in total. The number of benzene rings is 1. The van der Waals surface area contributed by atoms with Crippen LogP contribution in [-0.2, 0) is 20.6 Å². The van der Waals surface area contributed by atoms with Crippen molar-refractivity contribution in [2.24, 2.45) is 0 Å². The fourth-order valence-electron chi connectivity index (χ4n) is 2.36.